The summed E-state index contributed by atoms with van der Waals surface area (Å²) in [6.45, 7) is -0.835. The highest BCUT2D eigenvalue weighted by Crippen LogP contribution is 2.53. The second-order valence-corrected chi connectivity index (χ2v) is 14.5. The van der Waals surface area contributed by atoms with Crippen LogP contribution >= 0.6 is 0 Å². The Labute approximate surface area is 339 Å². The molecule has 3 aromatic rings. The number of hydrogen-bond acceptors (Lipinski definition) is 16. The lowest BCUT2D eigenvalue weighted by Gasteiger charge is -2.55. The van der Waals surface area contributed by atoms with Crippen molar-refractivity contribution in [2.45, 2.75) is 54.6 Å². The molecule has 4 aliphatic heterocycles. The van der Waals surface area contributed by atoms with Gasteiger partial charge in [0, 0.05) is 18.2 Å². The van der Waals surface area contributed by atoms with Crippen molar-refractivity contribution in [3.63, 3.8) is 0 Å². The van der Waals surface area contributed by atoms with E-state index < -0.39 is 89.5 Å². The fraction of sp³-hybridized carbons (Fsp3) is 0.293. The zero-order valence-corrected chi connectivity index (χ0v) is 31.2. The van der Waals surface area contributed by atoms with Crippen LogP contribution in [0.2, 0.25) is 0 Å². The van der Waals surface area contributed by atoms with E-state index >= 15 is 0 Å². The maximum absolute atomic E-state index is 12.6. The summed E-state index contributed by atoms with van der Waals surface area (Å²) in [6.07, 6.45) is -1.97. The maximum Gasteiger partial charge on any atom is 0.336 e. The zero-order chi connectivity index (χ0) is 42.5. The SMILES string of the molecule is [NH2+]=C1C=CC(C(O)C(CO)Oc2ccc(C3C=C(O)c4c(cc(OC5OC(C(=O)O)C6(O)C(C7=NC=NC7)C=CC5(O)C6O)c(OCc5cccc(O)c5)c4O)O3)cc2)=N1. The van der Waals surface area contributed by atoms with E-state index in [1.54, 1.807) is 24.3 Å². The number of carboxylic acids is 1. The molecule has 0 saturated carbocycles. The van der Waals surface area contributed by atoms with Crippen LogP contribution in [0.3, 0.4) is 0 Å². The van der Waals surface area contributed by atoms with Crippen LogP contribution in [0.1, 0.15) is 22.8 Å². The zero-order valence-electron chi connectivity index (χ0n) is 31.2. The van der Waals surface area contributed by atoms with Crippen LogP contribution in [0.4, 0.5) is 0 Å². The minimum Gasteiger partial charge on any atom is -0.508 e. The number of phenolic OH excluding ortho intramolecular Hbond substituents is 2. The molecule has 1 saturated heterocycles. The van der Waals surface area contributed by atoms with Crippen LogP contribution in [-0.2, 0) is 16.1 Å². The summed E-state index contributed by atoms with van der Waals surface area (Å²) >= 11 is 0. The van der Waals surface area contributed by atoms with Gasteiger partial charge in [-0.05, 0) is 52.5 Å². The second kappa shape index (κ2) is 15.5. The van der Waals surface area contributed by atoms with Gasteiger partial charge in [-0.15, -0.1) is 0 Å². The normalized spacial score (nSPS) is 28.5. The van der Waals surface area contributed by atoms with Gasteiger partial charge < -0.3 is 69.6 Å². The number of carbonyl (C=O) groups is 1. The molecular formula is C41H39N4O15+. The molecule has 0 spiro atoms. The number of aliphatic imine (C=N–C) groups is 3. The fourth-order valence-corrected chi connectivity index (χ4v) is 7.63. The molecular weight excluding hydrogens is 788 g/mol. The third kappa shape index (κ3) is 7.01. The first kappa shape index (κ1) is 40.2. The molecule has 60 heavy (non-hydrogen) atoms. The lowest BCUT2D eigenvalue weighted by atomic mass is 9.64. The van der Waals surface area contributed by atoms with Gasteiger partial charge in [-0.2, -0.15) is 0 Å². The molecule has 9 unspecified atom stereocenters. The Morgan fingerprint density at radius 2 is 1.85 bits per heavy atom. The Morgan fingerprint density at radius 3 is 2.52 bits per heavy atom. The number of aliphatic hydroxyl groups excluding tert-OH is 4. The Bertz CT molecular complexity index is 2410. The average Bonchev–Trinajstić information content (AvgIpc) is 3.92. The van der Waals surface area contributed by atoms with Crippen molar-refractivity contribution in [1.29, 1.82) is 0 Å². The molecule has 1 fully saturated rings. The Hall–Kier alpha value is -6.61. The van der Waals surface area contributed by atoms with E-state index in [1.165, 1.54) is 61.0 Å². The summed E-state index contributed by atoms with van der Waals surface area (Å²) in [5, 5.41) is 105. The third-order valence-corrected chi connectivity index (χ3v) is 10.7. The van der Waals surface area contributed by atoms with Gasteiger partial charge in [0.2, 0.25) is 12.0 Å². The first-order chi connectivity index (χ1) is 28.7. The molecule has 3 aromatic carbocycles. The molecule has 4 heterocycles. The number of hydrogen-bond donors (Lipinski definition) is 10. The molecule has 11 N–H and O–H groups in total. The van der Waals surface area contributed by atoms with Gasteiger partial charge in [0.1, 0.15) is 59.3 Å². The highest BCUT2D eigenvalue weighted by molar-refractivity contribution is 6.15. The standard InChI is InChI=1S/C41H38N4O15/c42-31-9-8-24(45-31)33(49)30(16-46)57-22-6-4-20(5-7-22)27-13-26(48)32-28(58-27)14-29(35(34(32)50)56-17-19-2-1-3-21(47)12-19)59-39-40(54)11-10-23(25-15-43-18-44-25)41(55,38(40)53)36(60-39)37(51)52/h1-14,18,23,27,30,33,36,38-39,42,46-50,53-55H,15-17H2,(H,51,52)/p+1. The number of rotatable bonds is 13. The predicted octanol–water partition coefficient (Wildman–Crippen LogP) is -0.341. The molecule has 2 bridgehead atoms. The number of aromatic hydroxyl groups is 2. The Balaban J connectivity index is 1.11. The summed E-state index contributed by atoms with van der Waals surface area (Å²) in [6, 6.07) is 13.4. The molecule has 8 rings (SSSR count). The van der Waals surface area contributed by atoms with E-state index in [1.807, 2.05) is 0 Å². The topological polar surface area (TPSA) is 308 Å². The minimum absolute atomic E-state index is 0.00134. The number of aliphatic hydroxyl groups is 6. The maximum atomic E-state index is 12.6. The smallest absolute Gasteiger partial charge is 0.336 e. The van der Waals surface area contributed by atoms with Crippen LogP contribution in [0.15, 0.2) is 100.0 Å². The number of nitrogens with two attached hydrogens (primary N) is 1. The number of ether oxygens (including phenoxy) is 5. The van der Waals surface area contributed by atoms with Crippen molar-refractivity contribution >= 4 is 35.3 Å². The van der Waals surface area contributed by atoms with Crippen molar-refractivity contribution in [2.75, 3.05) is 13.2 Å². The lowest BCUT2D eigenvalue weighted by Crippen LogP contribution is -2.78. The number of carboxylic acid groups (broad SMARTS) is 1. The number of nitrogens with zero attached hydrogens (tertiary/aromatic N) is 3. The molecule has 19 nitrogen and oxygen atoms in total. The molecule has 312 valence electrons. The summed E-state index contributed by atoms with van der Waals surface area (Å²) in [4.78, 5) is 24.7. The highest BCUT2D eigenvalue weighted by atomic mass is 16.7. The first-order valence-electron chi connectivity index (χ1n) is 18.5. The summed E-state index contributed by atoms with van der Waals surface area (Å²) in [5.41, 5.74) is -4.13. The number of benzene rings is 3. The second-order valence-electron chi connectivity index (χ2n) is 14.5. The van der Waals surface area contributed by atoms with Gasteiger partial charge in [0.15, 0.2) is 41.1 Å². The van der Waals surface area contributed by atoms with E-state index in [0.29, 0.717) is 11.1 Å². The summed E-state index contributed by atoms with van der Waals surface area (Å²) in [7, 11) is 0. The van der Waals surface area contributed by atoms with Crippen LogP contribution in [0.5, 0.6) is 34.5 Å². The van der Waals surface area contributed by atoms with Gasteiger partial charge in [-0.3, -0.25) is 10.4 Å². The molecule has 0 aromatic heterocycles. The van der Waals surface area contributed by atoms with Crippen LogP contribution in [0, 0.1) is 5.92 Å². The highest BCUT2D eigenvalue weighted by Gasteiger charge is 2.70. The van der Waals surface area contributed by atoms with Gasteiger partial charge in [0.25, 0.3) is 0 Å². The van der Waals surface area contributed by atoms with Crippen molar-refractivity contribution in [3.8, 4) is 34.5 Å². The number of phenols is 2. The molecule has 5 aliphatic rings. The summed E-state index contributed by atoms with van der Waals surface area (Å²) in [5.74, 6) is -4.73. The fourth-order valence-electron chi connectivity index (χ4n) is 7.63. The van der Waals surface area contributed by atoms with E-state index in [-0.39, 0.29) is 53.2 Å². The van der Waals surface area contributed by atoms with Crippen molar-refractivity contribution in [2.24, 2.45) is 20.9 Å². The number of amidine groups is 1. The van der Waals surface area contributed by atoms with Gasteiger partial charge >= 0.3 is 11.8 Å². The van der Waals surface area contributed by atoms with Crippen LogP contribution in [0.25, 0.3) is 5.76 Å². The largest absolute Gasteiger partial charge is 0.508 e. The van der Waals surface area contributed by atoms with Crippen molar-refractivity contribution in [3.05, 3.63) is 102 Å². The Kier molecular flexibility index (Phi) is 10.4. The number of fused-ring (bicyclic) bond motifs is 3. The van der Waals surface area contributed by atoms with E-state index in [2.05, 4.69) is 15.0 Å². The summed E-state index contributed by atoms with van der Waals surface area (Å²) < 4.78 is 29.8. The lowest BCUT2D eigenvalue weighted by molar-refractivity contribution is -0.337. The van der Waals surface area contributed by atoms with Crippen LogP contribution in [-0.4, -0.2) is 131 Å². The van der Waals surface area contributed by atoms with Crippen molar-refractivity contribution < 1.29 is 79.8 Å². The average molecular weight is 828 g/mol. The van der Waals surface area contributed by atoms with Gasteiger partial charge in [0.05, 0.1) is 24.8 Å². The molecule has 0 amide bonds. The quantitative estimate of drug-likeness (QED) is 0.0986. The molecule has 19 heteroatoms. The number of aliphatic carboxylic acids is 1. The van der Waals surface area contributed by atoms with E-state index in [0.717, 1.165) is 6.08 Å². The van der Waals surface area contributed by atoms with Gasteiger partial charge in [-0.25, -0.2) is 9.79 Å². The van der Waals surface area contributed by atoms with Crippen molar-refractivity contribution in [1.82, 2.24) is 0 Å². The Morgan fingerprint density at radius 1 is 1.07 bits per heavy atom. The predicted molar refractivity (Wildman–Crippen MR) is 208 cm³/mol. The van der Waals surface area contributed by atoms with Crippen LogP contribution < -0.4 is 24.4 Å². The molecule has 0 radical (unpaired) electrons. The van der Waals surface area contributed by atoms with E-state index in [9.17, 15) is 50.8 Å². The minimum atomic E-state index is -2.64. The molecule has 1 aliphatic carbocycles. The monoisotopic (exact) mass is 827 g/mol. The third-order valence-electron chi connectivity index (χ3n) is 10.7. The molecule has 9 atom stereocenters. The van der Waals surface area contributed by atoms with E-state index in [4.69, 9.17) is 29.1 Å². The first-order valence-corrected chi connectivity index (χ1v) is 18.5. The van der Waals surface area contributed by atoms with Gasteiger partial charge in [-0.1, -0.05) is 30.3 Å².